The zero-order valence-electron chi connectivity index (χ0n) is 19.8. The quantitative estimate of drug-likeness (QED) is 0.129. The number of carbonyl (C=O) groups is 1. The Bertz CT molecular complexity index is 1450. The molecule has 0 atom stereocenters. The number of nitrogens with one attached hydrogen (secondary N) is 1. The first-order valence-electron chi connectivity index (χ1n) is 10.8. The van der Waals surface area contributed by atoms with Crippen molar-refractivity contribution < 1.29 is 14.5 Å². The molecule has 0 aliphatic rings. The molecule has 3 aromatic carbocycles. The van der Waals surface area contributed by atoms with Crippen LogP contribution < -0.4 is 15.0 Å². The summed E-state index contributed by atoms with van der Waals surface area (Å²) in [5, 5.41) is 14.3. The minimum atomic E-state index is -0.397. The molecule has 0 spiro atoms. The molecule has 36 heavy (non-hydrogen) atoms. The van der Waals surface area contributed by atoms with Crippen LogP contribution in [0.4, 0.5) is 22.7 Å². The van der Waals surface area contributed by atoms with Gasteiger partial charge in [-0.05, 0) is 42.0 Å². The molecule has 0 aliphatic heterocycles. The minimum Gasteiger partial charge on any atom is -0.495 e. The summed E-state index contributed by atoms with van der Waals surface area (Å²) in [6.07, 6.45) is 1.60. The minimum absolute atomic E-state index is 0.0262. The molecule has 1 amide bonds. The number of amides is 1. The summed E-state index contributed by atoms with van der Waals surface area (Å²) in [4.78, 5) is 34.2. The fourth-order valence-corrected chi connectivity index (χ4v) is 5.29. The van der Waals surface area contributed by atoms with E-state index in [0.717, 1.165) is 14.6 Å². The highest BCUT2D eigenvalue weighted by Crippen LogP contribution is 2.33. The Morgan fingerprint density at radius 2 is 2.03 bits per heavy atom. The Morgan fingerprint density at radius 1 is 1.22 bits per heavy atom. The molecule has 4 rings (SSSR count). The highest BCUT2D eigenvalue weighted by Gasteiger charge is 2.15. The first-order valence-corrected chi connectivity index (χ1v) is 12.6. The highest BCUT2D eigenvalue weighted by molar-refractivity contribution is 8.01. The Balaban J connectivity index is 1.43. The number of carbonyl (C=O) groups excluding carboxylic acids is 1. The van der Waals surface area contributed by atoms with Gasteiger partial charge in [0.2, 0.25) is 5.91 Å². The zero-order valence-corrected chi connectivity index (χ0v) is 21.4. The van der Waals surface area contributed by atoms with E-state index in [-0.39, 0.29) is 17.3 Å². The number of hydrogen-bond acceptors (Lipinski definition) is 9. The molecule has 1 aromatic heterocycles. The maximum absolute atomic E-state index is 12.4. The zero-order chi connectivity index (χ0) is 25.7. The van der Waals surface area contributed by atoms with E-state index in [9.17, 15) is 14.9 Å². The van der Waals surface area contributed by atoms with Crippen LogP contribution in [-0.4, -0.2) is 49.0 Å². The highest BCUT2D eigenvalue weighted by atomic mass is 32.2. The maximum atomic E-state index is 12.4. The van der Waals surface area contributed by atoms with E-state index >= 15 is 0 Å². The van der Waals surface area contributed by atoms with Gasteiger partial charge < -0.3 is 15.0 Å². The standard InChI is InChI=1S/C25H23N5O4S2/c1-29(2)20-11-8-16(12-21(20)30(32)33)14-26-17-9-10-19-23(13-17)36-25(28-19)35-15-24(31)27-18-6-4-5-7-22(18)34-3/h4-14H,15H2,1-3H3,(H,27,31). The fraction of sp³-hybridized carbons (Fsp3) is 0.160. The third-order valence-corrected chi connectivity index (χ3v) is 7.26. The molecular formula is C25H23N5O4S2. The van der Waals surface area contributed by atoms with Crippen LogP contribution >= 0.6 is 23.1 Å². The van der Waals surface area contributed by atoms with Gasteiger partial charge in [0, 0.05) is 26.4 Å². The molecule has 0 unspecified atom stereocenters. The lowest BCUT2D eigenvalue weighted by molar-refractivity contribution is -0.384. The second-order valence-electron chi connectivity index (χ2n) is 7.83. The molecule has 1 heterocycles. The smallest absolute Gasteiger partial charge is 0.293 e. The Hall–Kier alpha value is -3.96. The third-order valence-electron chi connectivity index (χ3n) is 5.10. The summed E-state index contributed by atoms with van der Waals surface area (Å²) in [7, 11) is 5.09. The van der Waals surface area contributed by atoms with Crippen molar-refractivity contribution >= 4 is 68.2 Å². The van der Waals surface area contributed by atoms with Crippen molar-refractivity contribution in [2.45, 2.75) is 4.34 Å². The molecule has 11 heteroatoms. The molecular weight excluding hydrogens is 498 g/mol. The van der Waals surface area contributed by atoms with Crippen LogP contribution in [-0.2, 0) is 4.79 Å². The maximum Gasteiger partial charge on any atom is 0.293 e. The van der Waals surface area contributed by atoms with Gasteiger partial charge in [-0.3, -0.25) is 19.9 Å². The number of fused-ring (bicyclic) bond motifs is 1. The number of nitrogens with zero attached hydrogens (tertiary/aromatic N) is 4. The monoisotopic (exact) mass is 521 g/mol. The van der Waals surface area contributed by atoms with Gasteiger partial charge in [-0.25, -0.2) is 4.98 Å². The van der Waals surface area contributed by atoms with E-state index < -0.39 is 4.92 Å². The van der Waals surface area contributed by atoms with E-state index in [2.05, 4.69) is 15.3 Å². The third kappa shape index (κ3) is 5.99. The molecule has 0 fully saturated rings. The molecule has 0 saturated carbocycles. The van der Waals surface area contributed by atoms with Gasteiger partial charge >= 0.3 is 0 Å². The van der Waals surface area contributed by atoms with Gasteiger partial charge in [0.05, 0.1) is 39.4 Å². The number of aromatic nitrogens is 1. The lowest BCUT2D eigenvalue weighted by atomic mass is 10.1. The number of methoxy groups -OCH3 is 1. The van der Waals surface area contributed by atoms with Crippen LogP contribution in [0.25, 0.3) is 10.2 Å². The van der Waals surface area contributed by atoms with Gasteiger partial charge in [0.1, 0.15) is 11.4 Å². The number of rotatable bonds is 9. The lowest BCUT2D eigenvalue weighted by Gasteiger charge is -2.12. The van der Waals surface area contributed by atoms with E-state index in [0.29, 0.717) is 28.4 Å². The van der Waals surface area contributed by atoms with Gasteiger partial charge in [-0.2, -0.15) is 0 Å². The average molecular weight is 522 g/mol. The van der Waals surface area contributed by atoms with Gasteiger partial charge in [0.15, 0.2) is 4.34 Å². The van der Waals surface area contributed by atoms with Crippen molar-refractivity contribution in [3.8, 4) is 5.75 Å². The predicted molar refractivity (Wildman–Crippen MR) is 147 cm³/mol. The largest absolute Gasteiger partial charge is 0.495 e. The van der Waals surface area contributed by atoms with E-state index in [1.165, 1.54) is 29.2 Å². The molecule has 9 nitrogen and oxygen atoms in total. The van der Waals surface area contributed by atoms with Crippen molar-refractivity contribution in [2.75, 3.05) is 37.2 Å². The summed E-state index contributed by atoms with van der Waals surface area (Å²) in [5.74, 6) is 0.667. The first kappa shape index (κ1) is 25.1. The number of hydrogen-bond donors (Lipinski definition) is 1. The van der Waals surface area contributed by atoms with Crippen LogP contribution in [0.3, 0.4) is 0 Å². The number of para-hydroxylation sites is 2. The molecule has 184 valence electrons. The number of anilines is 2. The summed E-state index contributed by atoms with van der Waals surface area (Å²) in [5.41, 5.74) is 3.34. The van der Waals surface area contributed by atoms with Crippen molar-refractivity contribution in [1.82, 2.24) is 4.98 Å². The van der Waals surface area contributed by atoms with Gasteiger partial charge in [0.25, 0.3) is 5.69 Å². The number of thiazole rings is 1. The van der Waals surface area contributed by atoms with E-state index in [1.807, 2.05) is 30.3 Å². The SMILES string of the molecule is COc1ccccc1NC(=O)CSc1nc2ccc(N=Cc3ccc(N(C)C)c([N+](=O)[O-])c3)cc2s1. The molecule has 0 saturated heterocycles. The lowest BCUT2D eigenvalue weighted by Crippen LogP contribution is -2.14. The number of aliphatic imine (C=N–C) groups is 1. The van der Waals surface area contributed by atoms with Crippen LogP contribution in [0.5, 0.6) is 5.75 Å². The van der Waals surface area contributed by atoms with Crippen LogP contribution in [0.2, 0.25) is 0 Å². The van der Waals surface area contributed by atoms with Crippen molar-refractivity contribution in [2.24, 2.45) is 4.99 Å². The Morgan fingerprint density at radius 3 is 2.78 bits per heavy atom. The van der Waals surface area contributed by atoms with E-state index in [1.54, 1.807) is 56.6 Å². The second-order valence-corrected chi connectivity index (χ2v) is 10.1. The van der Waals surface area contributed by atoms with Crippen LogP contribution in [0.15, 0.2) is 70.0 Å². The van der Waals surface area contributed by atoms with E-state index in [4.69, 9.17) is 4.74 Å². The second kappa shape index (κ2) is 11.2. The first-order chi connectivity index (χ1) is 17.3. The van der Waals surface area contributed by atoms with Crippen molar-refractivity contribution in [3.05, 3.63) is 76.3 Å². The fourth-order valence-electron chi connectivity index (χ4n) is 3.39. The number of nitro benzene ring substituents is 1. The number of nitro groups is 1. The van der Waals surface area contributed by atoms with Crippen LogP contribution in [0.1, 0.15) is 5.56 Å². The topological polar surface area (TPSA) is 110 Å². The number of ether oxygens (including phenoxy) is 1. The normalized spacial score (nSPS) is 11.1. The molecule has 4 aromatic rings. The molecule has 0 radical (unpaired) electrons. The number of benzene rings is 3. The number of thioether (sulfide) groups is 1. The van der Waals surface area contributed by atoms with Crippen molar-refractivity contribution in [1.29, 1.82) is 0 Å². The Labute approximate surface area is 216 Å². The summed E-state index contributed by atoms with van der Waals surface area (Å²) >= 11 is 2.84. The summed E-state index contributed by atoms with van der Waals surface area (Å²) < 4.78 is 6.97. The Kier molecular flexibility index (Phi) is 7.81. The summed E-state index contributed by atoms with van der Waals surface area (Å²) in [6, 6.07) is 17.9. The van der Waals surface area contributed by atoms with Gasteiger partial charge in [-0.1, -0.05) is 30.0 Å². The molecule has 1 N–H and O–H groups in total. The van der Waals surface area contributed by atoms with Crippen molar-refractivity contribution in [3.63, 3.8) is 0 Å². The van der Waals surface area contributed by atoms with Crippen LogP contribution in [0, 0.1) is 10.1 Å². The predicted octanol–water partition coefficient (Wildman–Crippen LogP) is 5.76. The average Bonchev–Trinajstić information content (AvgIpc) is 3.28. The van der Waals surface area contributed by atoms with Gasteiger partial charge in [-0.15, -0.1) is 11.3 Å². The summed E-state index contributed by atoms with van der Waals surface area (Å²) in [6.45, 7) is 0. The molecule has 0 aliphatic carbocycles. The molecule has 0 bridgehead atoms.